The molecule has 30 heavy (non-hydrogen) atoms. The van der Waals surface area contributed by atoms with Gasteiger partial charge in [0.25, 0.3) is 11.8 Å². The van der Waals surface area contributed by atoms with Crippen LogP contribution in [0, 0.1) is 0 Å². The first-order valence-electron chi connectivity index (χ1n) is 10.1. The number of ether oxygens (including phenoxy) is 5. The van der Waals surface area contributed by atoms with Crippen molar-refractivity contribution in [1.29, 1.82) is 0 Å². The number of hydrogen-bond donors (Lipinski definition) is 2. The van der Waals surface area contributed by atoms with Crippen LogP contribution in [0.1, 0.15) is 13.3 Å². The van der Waals surface area contributed by atoms with E-state index in [1.54, 1.807) is 0 Å². The van der Waals surface area contributed by atoms with Crippen molar-refractivity contribution in [1.82, 2.24) is 10.2 Å². The third-order valence-corrected chi connectivity index (χ3v) is 3.87. The van der Waals surface area contributed by atoms with Gasteiger partial charge in [-0.05, 0) is 6.42 Å². The lowest BCUT2D eigenvalue weighted by molar-refractivity contribution is -0.140. The Morgan fingerprint density at radius 3 is 1.93 bits per heavy atom. The topological polar surface area (TPSA) is 139 Å². The van der Waals surface area contributed by atoms with Gasteiger partial charge in [0.15, 0.2) is 0 Å². The maximum atomic E-state index is 11.7. The molecule has 0 bridgehead atoms. The largest absolute Gasteiger partial charge is 0.447 e. The molecule has 0 saturated carbocycles. The van der Waals surface area contributed by atoms with Crippen molar-refractivity contribution in [3.63, 3.8) is 0 Å². The van der Waals surface area contributed by atoms with E-state index >= 15 is 0 Å². The van der Waals surface area contributed by atoms with Gasteiger partial charge in [0.05, 0.1) is 52.3 Å². The maximum Gasteiger partial charge on any atom is 0.407 e. The lowest BCUT2D eigenvalue weighted by atomic mass is 10.2. The van der Waals surface area contributed by atoms with Gasteiger partial charge >= 0.3 is 6.09 Å². The van der Waals surface area contributed by atoms with Crippen molar-refractivity contribution in [3.05, 3.63) is 12.2 Å². The molecule has 1 heterocycles. The lowest BCUT2D eigenvalue weighted by Crippen LogP contribution is -2.48. The van der Waals surface area contributed by atoms with Crippen LogP contribution in [-0.4, -0.2) is 101 Å². The van der Waals surface area contributed by atoms with E-state index in [1.165, 1.54) is 0 Å². The van der Waals surface area contributed by atoms with Crippen LogP contribution in [0.15, 0.2) is 12.2 Å². The number of nitrogens with zero attached hydrogens (tertiary/aromatic N) is 1. The standard InChI is InChI=1S/C19H33N3O8/c1-2-6-26-8-10-28-12-13-29-11-9-27-7-5-21-19(25)30-15-16(14-20)22-17(23)3-4-18(22)24/h3-4,16H,2,5-15,20H2,1H3,(H,21,25)/t16-/m0/s1. The summed E-state index contributed by atoms with van der Waals surface area (Å²) >= 11 is 0. The SMILES string of the molecule is CCCOCCOCCOCCOCCNC(=O)OC[C@H](CN)N1C(=O)C=CC1=O. The summed E-state index contributed by atoms with van der Waals surface area (Å²) in [4.78, 5) is 35.9. The summed E-state index contributed by atoms with van der Waals surface area (Å²) < 4.78 is 26.3. The molecule has 11 nitrogen and oxygen atoms in total. The fourth-order valence-electron chi connectivity index (χ4n) is 2.37. The highest BCUT2D eigenvalue weighted by molar-refractivity contribution is 6.13. The molecule has 0 fully saturated rings. The predicted octanol–water partition coefficient (Wildman–Crippen LogP) is -0.559. The summed E-state index contributed by atoms with van der Waals surface area (Å²) in [5.41, 5.74) is 5.56. The first kappa shape index (κ1) is 26.0. The van der Waals surface area contributed by atoms with E-state index in [0.29, 0.717) is 39.6 Å². The molecule has 3 amide bonds. The lowest BCUT2D eigenvalue weighted by Gasteiger charge is -2.24. The Balaban J connectivity index is 1.92. The summed E-state index contributed by atoms with van der Waals surface area (Å²) in [6.45, 7) is 6.07. The molecule has 3 N–H and O–H groups in total. The number of hydrogen-bond acceptors (Lipinski definition) is 9. The van der Waals surface area contributed by atoms with Gasteiger partial charge in [-0.1, -0.05) is 6.92 Å². The zero-order valence-corrected chi connectivity index (χ0v) is 17.5. The van der Waals surface area contributed by atoms with Crippen LogP contribution in [0.4, 0.5) is 4.79 Å². The van der Waals surface area contributed by atoms with Gasteiger partial charge in [-0.2, -0.15) is 0 Å². The minimum Gasteiger partial charge on any atom is -0.447 e. The van der Waals surface area contributed by atoms with Gasteiger partial charge in [0, 0.05) is 31.8 Å². The van der Waals surface area contributed by atoms with Crippen molar-refractivity contribution >= 4 is 17.9 Å². The Bertz CT molecular complexity index is 526. The monoisotopic (exact) mass is 431 g/mol. The maximum absolute atomic E-state index is 11.7. The summed E-state index contributed by atoms with van der Waals surface area (Å²) in [5, 5.41) is 2.51. The quantitative estimate of drug-likeness (QED) is 0.216. The first-order valence-corrected chi connectivity index (χ1v) is 10.1. The molecule has 0 saturated heterocycles. The van der Waals surface area contributed by atoms with Crippen molar-refractivity contribution in [2.45, 2.75) is 19.4 Å². The van der Waals surface area contributed by atoms with Crippen LogP contribution in [0.3, 0.4) is 0 Å². The molecular weight excluding hydrogens is 398 g/mol. The normalized spacial score (nSPS) is 14.4. The van der Waals surface area contributed by atoms with E-state index < -0.39 is 23.9 Å². The molecule has 1 aliphatic rings. The minimum absolute atomic E-state index is 0.00672. The second kappa shape index (κ2) is 16.7. The van der Waals surface area contributed by atoms with Gasteiger partial charge in [-0.15, -0.1) is 0 Å². The van der Waals surface area contributed by atoms with E-state index in [0.717, 1.165) is 30.1 Å². The highest BCUT2D eigenvalue weighted by Gasteiger charge is 2.31. The third-order valence-electron chi connectivity index (χ3n) is 3.87. The van der Waals surface area contributed by atoms with Gasteiger partial charge in [-0.3, -0.25) is 14.5 Å². The molecule has 0 aromatic rings. The number of alkyl carbamates (subject to hydrolysis) is 1. The molecule has 172 valence electrons. The molecule has 11 heteroatoms. The number of rotatable bonds is 18. The highest BCUT2D eigenvalue weighted by atomic mass is 16.6. The molecule has 0 aliphatic carbocycles. The Hall–Kier alpha value is -2.05. The van der Waals surface area contributed by atoms with E-state index in [-0.39, 0.29) is 26.3 Å². The van der Waals surface area contributed by atoms with E-state index in [4.69, 9.17) is 29.4 Å². The number of imide groups is 1. The molecule has 1 atom stereocenters. The van der Waals surface area contributed by atoms with Gasteiger partial charge in [-0.25, -0.2) is 4.79 Å². The average molecular weight is 431 g/mol. The average Bonchev–Trinajstić information content (AvgIpc) is 3.07. The van der Waals surface area contributed by atoms with Crippen molar-refractivity contribution in [3.8, 4) is 0 Å². The van der Waals surface area contributed by atoms with Gasteiger partial charge in [0.2, 0.25) is 0 Å². The second-order valence-corrected chi connectivity index (χ2v) is 6.24. The zero-order chi connectivity index (χ0) is 22.0. The molecule has 0 unspecified atom stereocenters. The van der Waals surface area contributed by atoms with E-state index in [2.05, 4.69) is 12.2 Å². The van der Waals surface area contributed by atoms with Crippen LogP contribution < -0.4 is 11.1 Å². The minimum atomic E-state index is -0.702. The second-order valence-electron chi connectivity index (χ2n) is 6.24. The summed E-state index contributed by atoms with van der Waals surface area (Å²) in [6, 6.07) is -0.702. The smallest absolute Gasteiger partial charge is 0.407 e. The van der Waals surface area contributed by atoms with Crippen molar-refractivity contribution < 1.29 is 38.1 Å². The fraction of sp³-hybridized carbons (Fsp3) is 0.737. The first-order chi connectivity index (χ1) is 14.6. The van der Waals surface area contributed by atoms with Crippen molar-refractivity contribution in [2.24, 2.45) is 5.73 Å². The van der Waals surface area contributed by atoms with Crippen LogP contribution >= 0.6 is 0 Å². The number of nitrogens with one attached hydrogen (secondary N) is 1. The van der Waals surface area contributed by atoms with E-state index in [1.807, 2.05) is 0 Å². The Kier molecular flexibility index (Phi) is 14.5. The number of carbonyl (C=O) groups is 3. The van der Waals surface area contributed by atoms with E-state index in [9.17, 15) is 14.4 Å². The zero-order valence-electron chi connectivity index (χ0n) is 17.5. The molecule has 0 aromatic carbocycles. The van der Waals surface area contributed by atoms with Crippen LogP contribution in [0.5, 0.6) is 0 Å². The summed E-state index contributed by atoms with van der Waals surface area (Å²) in [6.07, 6.45) is 2.63. The van der Waals surface area contributed by atoms with Crippen LogP contribution in [-0.2, 0) is 33.3 Å². The summed E-state index contributed by atoms with van der Waals surface area (Å²) in [5.74, 6) is -0.940. The molecular formula is C19H33N3O8. The molecule has 1 rings (SSSR count). The van der Waals surface area contributed by atoms with Crippen LogP contribution in [0.25, 0.3) is 0 Å². The molecule has 1 aliphatic heterocycles. The Morgan fingerprint density at radius 1 is 0.933 bits per heavy atom. The third kappa shape index (κ3) is 11.2. The van der Waals surface area contributed by atoms with Gasteiger partial charge < -0.3 is 34.7 Å². The highest BCUT2D eigenvalue weighted by Crippen LogP contribution is 2.09. The van der Waals surface area contributed by atoms with Gasteiger partial charge in [0.1, 0.15) is 6.61 Å². The Labute approximate surface area is 176 Å². The Morgan fingerprint density at radius 2 is 1.43 bits per heavy atom. The number of carbonyl (C=O) groups excluding carboxylic acids is 3. The summed E-state index contributed by atoms with van der Waals surface area (Å²) in [7, 11) is 0. The van der Waals surface area contributed by atoms with Crippen LogP contribution in [0.2, 0.25) is 0 Å². The molecule has 0 aromatic heterocycles. The van der Waals surface area contributed by atoms with Crippen molar-refractivity contribution in [2.75, 3.05) is 72.6 Å². The fourth-order valence-corrected chi connectivity index (χ4v) is 2.37. The predicted molar refractivity (Wildman–Crippen MR) is 107 cm³/mol. The number of nitrogens with two attached hydrogens (primary N) is 1. The molecule has 0 radical (unpaired) electrons. The molecule has 0 spiro atoms. The number of amides is 3.